The molecule has 1 unspecified atom stereocenters. The molecule has 2 heterocycles. The maximum Gasteiger partial charge on any atom is 0.244 e. The molecule has 7 heteroatoms. The van der Waals surface area contributed by atoms with E-state index in [0.29, 0.717) is 12.2 Å². The molecule has 0 saturated heterocycles. The Balaban J connectivity index is 2.01. The summed E-state index contributed by atoms with van der Waals surface area (Å²) in [4.78, 5) is 16.4. The van der Waals surface area contributed by atoms with Crippen LogP contribution in [-0.4, -0.2) is 32.8 Å². The third-order valence-electron chi connectivity index (χ3n) is 3.24. The van der Waals surface area contributed by atoms with E-state index in [1.165, 1.54) is 14.4 Å². The summed E-state index contributed by atoms with van der Waals surface area (Å²) >= 11 is 1.71. The summed E-state index contributed by atoms with van der Waals surface area (Å²) in [6, 6.07) is 4.19. The van der Waals surface area contributed by atoms with Crippen molar-refractivity contribution in [3.8, 4) is 0 Å². The largest absolute Gasteiger partial charge is 0.337 e. The summed E-state index contributed by atoms with van der Waals surface area (Å²) in [5.74, 6) is -0.00276. The first-order chi connectivity index (χ1) is 9.51. The maximum absolute atomic E-state index is 12.2. The number of likely N-dealkylation sites (N-methyl/N-ethyl adjacent to an activating group) is 1. The Bertz CT molecular complexity index is 591. The Hall–Kier alpha value is -1.73. The van der Waals surface area contributed by atoms with Crippen molar-refractivity contribution in [3.05, 3.63) is 33.8 Å². The van der Waals surface area contributed by atoms with Crippen LogP contribution in [0, 0.1) is 6.92 Å². The lowest BCUT2D eigenvalue weighted by Gasteiger charge is -2.24. The number of aryl methyl sites for hydroxylation is 1. The van der Waals surface area contributed by atoms with E-state index in [1.54, 1.807) is 22.4 Å². The summed E-state index contributed by atoms with van der Waals surface area (Å²) in [5.41, 5.74) is 6.15. The smallest absolute Gasteiger partial charge is 0.244 e. The number of nitrogens with two attached hydrogens (primary N) is 1. The standard InChI is InChI=1S/C13H19N5OS/c1-9-4-5-12(20-9)10(2)17(3)13(19)8-18-7-11(6-14)15-16-18/h4-5,7,10H,6,8,14H2,1-3H3. The van der Waals surface area contributed by atoms with Crippen LogP contribution in [0.15, 0.2) is 18.3 Å². The lowest BCUT2D eigenvalue weighted by Crippen LogP contribution is -2.32. The number of aromatic nitrogens is 3. The fourth-order valence-corrected chi connectivity index (χ4v) is 2.82. The van der Waals surface area contributed by atoms with E-state index in [9.17, 15) is 4.79 Å². The number of carbonyl (C=O) groups excluding carboxylic acids is 1. The van der Waals surface area contributed by atoms with E-state index in [2.05, 4.69) is 29.4 Å². The molecule has 2 rings (SSSR count). The molecule has 2 N–H and O–H groups in total. The van der Waals surface area contributed by atoms with Crippen LogP contribution in [0.5, 0.6) is 0 Å². The molecule has 0 saturated carbocycles. The minimum atomic E-state index is -0.00276. The van der Waals surface area contributed by atoms with Gasteiger partial charge in [-0.25, -0.2) is 4.68 Å². The summed E-state index contributed by atoms with van der Waals surface area (Å²) < 4.78 is 1.52. The number of carbonyl (C=O) groups is 1. The van der Waals surface area contributed by atoms with Gasteiger partial charge in [-0.3, -0.25) is 4.79 Å². The predicted molar refractivity (Wildman–Crippen MR) is 78.2 cm³/mol. The molecule has 2 aromatic rings. The number of amides is 1. The number of hydrogen-bond acceptors (Lipinski definition) is 5. The highest BCUT2D eigenvalue weighted by Crippen LogP contribution is 2.26. The van der Waals surface area contributed by atoms with E-state index in [1.807, 2.05) is 14.0 Å². The maximum atomic E-state index is 12.2. The van der Waals surface area contributed by atoms with Gasteiger partial charge in [0.15, 0.2) is 0 Å². The Morgan fingerprint density at radius 3 is 2.85 bits per heavy atom. The summed E-state index contributed by atoms with van der Waals surface area (Å²) in [6.45, 7) is 4.59. The van der Waals surface area contributed by atoms with Crippen molar-refractivity contribution < 1.29 is 4.79 Å². The lowest BCUT2D eigenvalue weighted by atomic mass is 10.2. The summed E-state index contributed by atoms with van der Waals surface area (Å²) in [5, 5.41) is 7.76. The second-order valence-corrected chi connectivity index (χ2v) is 6.06. The van der Waals surface area contributed by atoms with Gasteiger partial charge in [-0.05, 0) is 26.0 Å². The lowest BCUT2D eigenvalue weighted by molar-refractivity contribution is -0.132. The van der Waals surface area contributed by atoms with Crippen molar-refractivity contribution in [3.63, 3.8) is 0 Å². The molecule has 108 valence electrons. The van der Waals surface area contributed by atoms with Crippen LogP contribution >= 0.6 is 11.3 Å². The molecule has 1 amide bonds. The van der Waals surface area contributed by atoms with E-state index >= 15 is 0 Å². The van der Waals surface area contributed by atoms with Gasteiger partial charge in [-0.15, -0.1) is 16.4 Å². The van der Waals surface area contributed by atoms with Crippen molar-refractivity contribution in [2.45, 2.75) is 33.0 Å². The molecule has 0 aliphatic carbocycles. The topological polar surface area (TPSA) is 77.0 Å². The zero-order valence-corrected chi connectivity index (χ0v) is 12.7. The van der Waals surface area contributed by atoms with Gasteiger partial charge >= 0.3 is 0 Å². The molecule has 0 spiro atoms. The number of nitrogens with zero attached hydrogens (tertiary/aromatic N) is 4. The van der Waals surface area contributed by atoms with E-state index < -0.39 is 0 Å². The van der Waals surface area contributed by atoms with Crippen LogP contribution in [0.25, 0.3) is 0 Å². The molecule has 1 atom stereocenters. The molecule has 20 heavy (non-hydrogen) atoms. The molecule has 0 aromatic carbocycles. The summed E-state index contributed by atoms with van der Waals surface area (Å²) in [6.07, 6.45) is 1.70. The first-order valence-corrected chi connectivity index (χ1v) is 7.24. The zero-order chi connectivity index (χ0) is 14.7. The average Bonchev–Trinajstić information content (AvgIpc) is 3.05. The molecule has 0 aliphatic heterocycles. The zero-order valence-electron chi connectivity index (χ0n) is 11.9. The first-order valence-electron chi connectivity index (χ1n) is 6.42. The molecule has 0 bridgehead atoms. The number of thiophene rings is 1. The van der Waals surface area contributed by atoms with Gasteiger partial charge in [-0.2, -0.15) is 0 Å². The predicted octanol–water partition coefficient (Wildman–Crippen LogP) is 1.33. The minimum Gasteiger partial charge on any atom is -0.337 e. The fraction of sp³-hybridized carbons (Fsp3) is 0.462. The quantitative estimate of drug-likeness (QED) is 0.902. The number of hydrogen-bond donors (Lipinski definition) is 1. The van der Waals surface area contributed by atoms with Crippen molar-refractivity contribution in [2.75, 3.05) is 7.05 Å². The van der Waals surface area contributed by atoms with E-state index in [0.717, 1.165) is 0 Å². The highest BCUT2D eigenvalue weighted by molar-refractivity contribution is 7.12. The van der Waals surface area contributed by atoms with Gasteiger partial charge in [0.25, 0.3) is 0 Å². The Morgan fingerprint density at radius 2 is 2.30 bits per heavy atom. The second kappa shape index (κ2) is 6.15. The van der Waals surface area contributed by atoms with Crippen LogP contribution in [0.3, 0.4) is 0 Å². The SMILES string of the molecule is Cc1ccc(C(C)N(C)C(=O)Cn2cc(CN)nn2)s1. The monoisotopic (exact) mass is 293 g/mol. The van der Waals surface area contributed by atoms with Crippen LogP contribution in [-0.2, 0) is 17.9 Å². The van der Waals surface area contributed by atoms with Crippen LogP contribution < -0.4 is 5.73 Å². The highest BCUT2D eigenvalue weighted by atomic mass is 32.1. The second-order valence-electron chi connectivity index (χ2n) is 4.74. The molecule has 0 radical (unpaired) electrons. The van der Waals surface area contributed by atoms with Crippen molar-refractivity contribution in [2.24, 2.45) is 5.73 Å². The van der Waals surface area contributed by atoms with Crippen molar-refractivity contribution in [1.82, 2.24) is 19.9 Å². The Morgan fingerprint density at radius 1 is 1.55 bits per heavy atom. The first kappa shape index (κ1) is 14.7. The normalized spacial score (nSPS) is 12.4. The average molecular weight is 293 g/mol. The van der Waals surface area contributed by atoms with Crippen molar-refractivity contribution >= 4 is 17.2 Å². The third-order valence-corrected chi connectivity index (χ3v) is 4.41. The molecular weight excluding hydrogens is 274 g/mol. The van der Waals surface area contributed by atoms with Gasteiger partial charge in [0, 0.05) is 23.3 Å². The molecule has 0 aliphatic rings. The molecule has 0 fully saturated rings. The van der Waals surface area contributed by atoms with Crippen molar-refractivity contribution in [1.29, 1.82) is 0 Å². The third kappa shape index (κ3) is 3.23. The fourth-order valence-electron chi connectivity index (χ4n) is 1.84. The summed E-state index contributed by atoms with van der Waals surface area (Å²) in [7, 11) is 1.81. The van der Waals surface area contributed by atoms with Crippen LogP contribution in [0.1, 0.15) is 28.4 Å². The van der Waals surface area contributed by atoms with Gasteiger partial charge in [0.05, 0.1) is 17.9 Å². The molecule has 2 aromatic heterocycles. The highest BCUT2D eigenvalue weighted by Gasteiger charge is 2.19. The Labute approximate surface area is 122 Å². The van der Waals surface area contributed by atoms with Crippen LogP contribution in [0.2, 0.25) is 0 Å². The number of rotatable bonds is 5. The minimum absolute atomic E-state index is 0.00276. The Kier molecular flexibility index (Phi) is 4.51. The van der Waals surface area contributed by atoms with E-state index in [4.69, 9.17) is 5.73 Å². The van der Waals surface area contributed by atoms with Gasteiger partial charge in [-0.1, -0.05) is 5.21 Å². The molecular formula is C13H19N5OS. The van der Waals surface area contributed by atoms with E-state index in [-0.39, 0.29) is 18.5 Å². The van der Waals surface area contributed by atoms with Gasteiger partial charge in [0.2, 0.25) is 5.91 Å². The molecule has 6 nitrogen and oxygen atoms in total. The van der Waals surface area contributed by atoms with Gasteiger partial charge < -0.3 is 10.6 Å². The van der Waals surface area contributed by atoms with Crippen LogP contribution in [0.4, 0.5) is 0 Å². The van der Waals surface area contributed by atoms with Gasteiger partial charge in [0.1, 0.15) is 6.54 Å².